The summed E-state index contributed by atoms with van der Waals surface area (Å²) in [4.78, 5) is 26.6. The van der Waals surface area contributed by atoms with Gasteiger partial charge >= 0.3 is 0 Å². The van der Waals surface area contributed by atoms with E-state index in [9.17, 15) is 18.7 Å². The van der Waals surface area contributed by atoms with Gasteiger partial charge in [-0.3, -0.25) is 0 Å². The smallest absolute Gasteiger partial charge is 0.125 e. The van der Waals surface area contributed by atoms with Crippen molar-refractivity contribution >= 4 is 19.0 Å². The van der Waals surface area contributed by atoms with Crippen molar-refractivity contribution < 1.29 is 18.7 Å². The third-order valence-corrected chi connectivity index (χ3v) is 6.19. The van der Waals surface area contributed by atoms with Gasteiger partial charge in [-0.1, -0.05) is 26.0 Å². The number of rotatable bonds is 7. The molecule has 1 atom stereocenters. The molecule has 0 spiro atoms. The van der Waals surface area contributed by atoms with Crippen LogP contribution in [0.25, 0.3) is 0 Å². The molecule has 7 heteroatoms. The average Bonchev–Trinajstić information content (AvgIpc) is 2.58. The molecule has 0 fully saturated rings. The highest BCUT2D eigenvalue weighted by Gasteiger charge is 2.36. The van der Waals surface area contributed by atoms with Gasteiger partial charge in [-0.25, -0.2) is 4.39 Å². The van der Waals surface area contributed by atoms with Crippen LogP contribution in [0.4, 0.5) is 15.8 Å². The molecule has 0 aliphatic heterocycles. The van der Waals surface area contributed by atoms with E-state index in [2.05, 4.69) is 5.32 Å². The van der Waals surface area contributed by atoms with Crippen LogP contribution in [0.3, 0.4) is 0 Å². The number of anilines is 2. The van der Waals surface area contributed by atoms with Crippen molar-refractivity contribution in [2.45, 2.75) is 32.0 Å². The summed E-state index contributed by atoms with van der Waals surface area (Å²) in [6, 6.07) is 10.8. The fourth-order valence-corrected chi connectivity index (χ4v) is 4.28. The summed E-state index contributed by atoms with van der Waals surface area (Å²) in [6.45, 7) is 3.54. The lowest BCUT2D eigenvalue weighted by Crippen LogP contribution is -2.43. The SMILES string of the molecule is CCc1cc(N(C)C)ccc1C(CC)(Nc1cccc(F)c1)P(=O)([O-])[O-]. The molecule has 0 aliphatic rings. The van der Waals surface area contributed by atoms with Crippen LogP contribution in [0, 0.1) is 5.82 Å². The van der Waals surface area contributed by atoms with Crippen LogP contribution in [-0.4, -0.2) is 14.1 Å². The number of aryl methyl sites for hydroxylation is 1. The first kappa shape index (κ1) is 20.4. The summed E-state index contributed by atoms with van der Waals surface area (Å²) >= 11 is 0. The summed E-state index contributed by atoms with van der Waals surface area (Å²) < 4.78 is 25.9. The number of nitrogens with zero attached hydrogens (tertiary/aromatic N) is 1. The van der Waals surface area contributed by atoms with Crippen LogP contribution in [0.2, 0.25) is 0 Å². The van der Waals surface area contributed by atoms with Crippen LogP contribution in [0.5, 0.6) is 0 Å². The fraction of sp³-hybridized carbons (Fsp3) is 0.368. The van der Waals surface area contributed by atoms with E-state index in [1.54, 1.807) is 25.1 Å². The number of benzene rings is 2. The fourth-order valence-electron chi connectivity index (χ4n) is 3.12. The Bertz CT molecular complexity index is 822. The van der Waals surface area contributed by atoms with Gasteiger partial charge in [-0.15, -0.1) is 0 Å². The van der Waals surface area contributed by atoms with Crippen LogP contribution in [-0.2, 0) is 16.3 Å². The Balaban J connectivity index is 2.67. The van der Waals surface area contributed by atoms with Crippen LogP contribution in [0.1, 0.15) is 31.4 Å². The van der Waals surface area contributed by atoms with E-state index < -0.39 is 18.7 Å². The molecule has 2 aromatic carbocycles. The number of nitrogens with one attached hydrogen (secondary N) is 1. The molecule has 2 rings (SSSR count). The minimum Gasteiger partial charge on any atom is -0.809 e. The minimum atomic E-state index is -5.14. The van der Waals surface area contributed by atoms with E-state index in [1.165, 1.54) is 18.2 Å². The monoisotopic (exact) mass is 378 g/mol. The Labute approximate surface area is 154 Å². The van der Waals surface area contributed by atoms with Crippen molar-refractivity contribution in [3.05, 3.63) is 59.4 Å². The molecule has 0 saturated carbocycles. The van der Waals surface area contributed by atoms with Crippen LogP contribution >= 0.6 is 7.60 Å². The van der Waals surface area contributed by atoms with Crippen molar-refractivity contribution in [1.29, 1.82) is 0 Å². The Morgan fingerprint density at radius 2 is 1.85 bits per heavy atom. The van der Waals surface area contributed by atoms with Gasteiger partial charge in [0.05, 0.1) is 5.28 Å². The zero-order valence-electron chi connectivity index (χ0n) is 15.5. The molecule has 0 radical (unpaired) electrons. The van der Waals surface area contributed by atoms with Gasteiger partial charge in [0.25, 0.3) is 0 Å². The highest BCUT2D eigenvalue weighted by Crippen LogP contribution is 2.54. The zero-order valence-corrected chi connectivity index (χ0v) is 16.3. The molecule has 0 bridgehead atoms. The maximum Gasteiger partial charge on any atom is 0.125 e. The normalized spacial score (nSPS) is 14.0. The summed E-state index contributed by atoms with van der Waals surface area (Å²) in [5.74, 6) is -0.509. The Kier molecular flexibility index (Phi) is 6.12. The molecule has 1 N–H and O–H groups in total. The molecule has 5 nitrogen and oxygen atoms in total. The zero-order chi connectivity index (χ0) is 19.5. The van der Waals surface area contributed by atoms with E-state index >= 15 is 0 Å². The molecular weight excluding hydrogens is 354 g/mol. The van der Waals surface area contributed by atoms with E-state index in [4.69, 9.17) is 0 Å². The molecule has 26 heavy (non-hydrogen) atoms. The maximum atomic E-state index is 13.6. The average molecular weight is 378 g/mol. The molecule has 1 unspecified atom stereocenters. The predicted molar refractivity (Wildman–Crippen MR) is 99.7 cm³/mol. The van der Waals surface area contributed by atoms with Gasteiger partial charge in [0.2, 0.25) is 0 Å². The quantitative estimate of drug-likeness (QED) is 0.750. The first-order chi connectivity index (χ1) is 12.1. The minimum absolute atomic E-state index is 0.0160. The lowest BCUT2D eigenvalue weighted by molar-refractivity contribution is -0.320. The Morgan fingerprint density at radius 1 is 1.15 bits per heavy atom. The van der Waals surface area contributed by atoms with Crippen molar-refractivity contribution in [2.24, 2.45) is 0 Å². The number of hydrogen-bond acceptors (Lipinski definition) is 5. The molecule has 0 saturated heterocycles. The topological polar surface area (TPSA) is 78.5 Å². The molecule has 0 aromatic heterocycles. The second kappa shape index (κ2) is 7.78. The predicted octanol–water partition coefficient (Wildman–Crippen LogP) is 3.04. The van der Waals surface area contributed by atoms with Gasteiger partial charge in [-0.2, -0.15) is 0 Å². The number of halogens is 1. The maximum absolute atomic E-state index is 13.6. The first-order valence-electron chi connectivity index (χ1n) is 8.51. The van der Waals surface area contributed by atoms with Gasteiger partial charge in [0, 0.05) is 25.5 Å². The highest BCUT2D eigenvalue weighted by molar-refractivity contribution is 7.50. The molecule has 2 aromatic rings. The van der Waals surface area contributed by atoms with E-state index in [0.717, 1.165) is 11.3 Å². The third kappa shape index (κ3) is 3.93. The van der Waals surface area contributed by atoms with Gasteiger partial charge in [-0.05, 0) is 61.9 Å². The van der Waals surface area contributed by atoms with Gasteiger partial charge < -0.3 is 24.6 Å². The van der Waals surface area contributed by atoms with E-state index in [1.807, 2.05) is 32.0 Å². The summed E-state index contributed by atoms with van der Waals surface area (Å²) in [5, 5.41) is 0.971. The second-order valence-corrected chi connectivity index (χ2v) is 8.19. The van der Waals surface area contributed by atoms with Crippen LogP contribution in [0.15, 0.2) is 42.5 Å². The molecule has 0 aliphatic carbocycles. The second-order valence-electron chi connectivity index (χ2n) is 6.44. The standard InChI is InChI=1S/C19H26FN2O3P/c1-5-14-12-17(22(3)4)10-11-18(14)19(6-2,26(23,24)25)21-16-9-7-8-15(20)13-16/h7-13,21H,5-6H2,1-4H3,(H2,23,24,25)/p-2. The van der Waals surface area contributed by atoms with Crippen molar-refractivity contribution in [3.8, 4) is 0 Å². The van der Waals surface area contributed by atoms with E-state index in [0.29, 0.717) is 12.0 Å². The summed E-state index contributed by atoms with van der Waals surface area (Å²) in [6.07, 6.45) is 0.575. The van der Waals surface area contributed by atoms with Gasteiger partial charge in [0.1, 0.15) is 5.82 Å². The van der Waals surface area contributed by atoms with Crippen molar-refractivity contribution in [1.82, 2.24) is 0 Å². The molecule has 0 amide bonds. The first-order valence-corrected chi connectivity index (χ1v) is 10.1. The lowest BCUT2D eigenvalue weighted by Gasteiger charge is -2.51. The molecular formula is C19H24FN2O3P-2. The largest absolute Gasteiger partial charge is 0.809 e. The third-order valence-electron chi connectivity index (χ3n) is 4.59. The summed E-state index contributed by atoms with van der Waals surface area (Å²) in [5.41, 5.74) is 2.32. The molecule has 0 heterocycles. The Hall–Kier alpha value is -1.88. The Morgan fingerprint density at radius 3 is 2.35 bits per heavy atom. The van der Waals surface area contributed by atoms with E-state index in [-0.39, 0.29) is 12.1 Å². The molecule has 142 valence electrons. The van der Waals surface area contributed by atoms with Gasteiger partial charge in [0.15, 0.2) is 0 Å². The highest BCUT2D eigenvalue weighted by atomic mass is 31.2. The summed E-state index contributed by atoms with van der Waals surface area (Å²) in [7, 11) is -1.36. The lowest BCUT2D eigenvalue weighted by atomic mass is 9.95. The number of hydrogen-bond donors (Lipinski definition) is 1. The van der Waals surface area contributed by atoms with Crippen LogP contribution < -0.4 is 20.0 Å². The van der Waals surface area contributed by atoms with Crippen molar-refractivity contribution in [2.75, 3.05) is 24.3 Å². The van der Waals surface area contributed by atoms with Crippen molar-refractivity contribution in [3.63, 3.8) is 0 Å².